The summed E-state index contributed by atoms with van der Waals surface area (Å²) >= 11 is 0. The third-order valence-electron chi connectivity index (χ3n) is 3.04. The summed E-state index contributed by atoms with van der Waals surface area (Å²) in [6, 6.07) is 13.3. The molecule has 2 aromatic carbocycles. The predicted molar refractivity (Wildman–Crippen MR) is 72.0 cm³/mol. The molecule has 0 radical (unpaired) electrons. The molecule has 0 heterocycles. The van der Waals surface area contributed by atoms with Crippen molar-refractivity contribution in [1.82, 2.24) is 0 Å². The van der Waals surface area contributed by atoms with Gasteiger partial charge in [0.2, 0.25) is 0 Å². The third kappa shape index (κ3) is 2.96. The van der Waals surface area contributed by atoms with Crippen LogP contribution in [0.4, 0.5) is 4.39 Å². The van der Waals surface area contributed by atoms with Gasteiger partial charge in [-0.3, -0.25) is 0 Å². The number of benzene rings is 2. The molecule has 18 heavy (non-hydrogen) atoms. The van der Waals surface area contributed by atoms with E-state index in [9.17, 15) is 4.39 Å². The van der Waals surface area contributed by atoms with E-state index in [1.807, 2.05) is 18.2 Å². The van der Waals surface area contributed by atoms with E-state index in [1.54, 1.807) is 13.0 Å². The van der Waals surface area contributed by atoms with Crippen molar-refractivity contribution in [3.63, 3.8) is 0 Å². The predicted octanol–water partition coefficient (Wildman–Crippen LogP) is 3.73. The lowest BCUT2D eigenvalue weighted by Gasteiger charge is -2.06. The Labute approximate surface area is 107 Å². The summed E-state index contributed by atoms with van der Waals surface area (Å²) < 4.78 is 13.2. The Bertz CT molecular complexity index is 534. The minimum atomic E-state index is -0.171. The summed E-state index contributed by atoms with van der Waals surface area (Å²) in [5.74, 6) is -0.171. The first kappa shape index (κ1) is 12.8. The Hall–Kier alpha value is -1.67. The fourth-order valence-corrected chi connectivity index (χ4v) is 2.01. The van der Waals surface area contributed by atoms with Gasteiger partial charge in [0.1, 0.15) is 5.82 Å². The fourth-order valence-electron chi connectivity index (χ4n) is 2.01. The lowest BCUT2D eigenvalue weighted by molar-refractivity contribution is 0.288. The van der Waals surface area contributed by atoms with E-state index < -0.39 is 0 Å². The van der Waals surface area contributed by atoms with Gasteiger partial charge in [-0.15, -0.1) is 0 Å². The van der Waals surface area contributed by atoms with Gasteiger partial charge in [-0.25, -0.2) is 4.39 Å². The van der Waals surface area contributed by atoms with E-state index in [-0.39, 0.29) is 12.4 Å². The number of aliphatic hydroxyl groups is 1. The van der Waals surface area contributed by atoms with Crippen LogP contribution < -0.4 is 0 Å². The third-order valence-corrected chi connectivity index (χ3v) is 3.04. The number of halogens is 1. The molecule has 0 saturated carbocycles. The summed E-state index contributed by atoms with van der Waals surface area (Å²) in [4.78, 5) is 0. The van der Waals surface area contributed by atoms with Crippen molar-refractivity contribution in [2.45, 2.75) is 19.8 Å². The van der Waals surface area contributed by atoms with Gasteiger partial charge in [-0.1, -0.05) is 30.3 Å². The highest BCUT2D eigenvalue weighted by molar-refractivity contribution is 5.65. The average molecular weight is 244 g/mol. The van der Waals surface area contributed by atoms with Crippen LogP contribution in [-0.4, -0.2) is 11.7 Å². The molecule has 0 aliphatic carbocycles. The van der Waals surface area contributed by atoms with Gasteiger partial charge in [-0.05, 0) is 54.2 Å². The van der Waals surface area contributed by atoms with Crippen LogP contribution in [0.3, 0.4) is 0 Å². The van der Waals surface area contributed by atoms with Gasteiger partial charge < -0.3 is 5.11 Å². The van der Waals surface area contributed by atoms with E-state index >= 15 is 0 Å². The number of hydrogen-bond acceptors (Lipinski definition) is 1. The van der Waals surface area contributed by atoms with Crippen molar-refractivity contribution in [2.75, 3.05) is 6.61 Å². The maximum atomic E-state index is 13.2. The lowest BCUT2D eigenvalue weighted by atomic mass is 9.99. The van der Waals surface area contributed by atoms with Crippen molar-refractivity contribution in [2.24, 2.45) is 0 Å². The van der Waals surface area contributed by atoms with Crippen molar-refractivity contribution in [1.29, 1.82) is 0 Å². The van der Waals surface area contributed by atoms with Gasteiger partial charge in [0.15, 0.2) is 0 Å². The fraction of sp³-hybridized carbons (Fsp3) is 0.250. The quantitative estimate of drug-likeness (QED) is 0.869. The Morgan fingerprint density at radius 1 is 1.06 bits per heavy atom. The molecule has 0 fully saturated rings. The van der Waals surface area contributed by atoms with Crippen molar-refractivity contribution in [3.05, 3.63) is 59.4 Å². The molecule has 2 aromatic rings. The molecule has 0 unspecified atom stereocenters. The summed E-state index contributed by atoms with van der Waals surface area (Å²) in [5.41, 5.74) is 3.98. The smallest absolute Gasteiger partial charge is 0.126 e. The van der Waals surface area contributed by atoms with Crippen LogP contribution in [0, 0.1) is 12.7 Å². The highest BCUT2D eigenvalue weighted by atomic mass is 19.1. The molecule has 0 amide bonds. The summed E-state index contributed by atoms with van der Waals surface area (Å²) in [7, 11) is 0. The largest absolute Gasteiger partial charge is 0.396 e. The highest BCUT2D eigenvalue weighted by Crippen LogP contribution is 2.23. The monoisotopic (exact) mass is 244 g/mol. The first-order chi connectivity index (χ1) is 8.70. The molecule has 0 aliphatic heterocycles. The number of hydrogen-bond donors (Lipinski definition) is 1. The van der Waals surface area contributed by atoms with E-state index in [1.165, 1.54) is 11.6 Å². The van der Waals surface area contributed by atoms with Crippen LogP contribution in [0.5, 0.6) is 0 Å². The second-order valence-corrected chi connectivity index (χ2v) is 4.49. The van der Waals surface area contributed by atoms with E-state index in [0.717, 1.165) is 24.0 Å². The maximum absolute atomic E-state index is 13.2. The van der Waals surface area contributed by atoms with Gasteiger partial charge >= 0.3 is 0 Å². The zero-order valence-corrected chi connectivity index (χ0v) is 10.5. The zero-order chi connectivity index (χ0) is 13.0. The minimum absolute atomic E-state index is 0.171. The van der Waals surface area contributed by atoms with Gasteiger partial charge in [0, 0.05) is 6.61 Å². The first-order valence-corrected chi connectivity index (χ1v) is 6.17. The van der Waals surface area contributed by atoms with E-state index in [2.05, 4.69) is 12.1 Å². The van der Waals surface area contributed by atoms with E-state index in [0.29, 0.717) is 5.56 Å². The van der Waals surface area contributed by atoms with Crippen molar-refractivity contribution in [3.8, 4) is 11.1 Å². The van der Waals surface area contributed by atoms with Crippen molar-refractivity contribution >= 4 is 0 Å². The molecular weight excluding hydrogens is 227 g/mol. The average Bonchev–Trinajstić information content (AvgIpc) is 2.40. The molecule has 0 saturated heterocycles. The van der Waals surface area contributed by atoms with Gasteiger partial charge in [0.25, 0.3) is 0 Å². The Balaban J connectivity index is 2.29. The molecule has 2 rings (SSSR count). The SMILES string of the molecule is Cc1cc(-c2cccc(CCCO)c2)ccc1F. The molecule has 0 aromatic heterocycles. The van der Waals surface area contributed by atoms with Crippen LogP contribution in [0.25, 0.3) is 11.1 Å². The summed E-state index contributed by atoms with van der Waals surface area (Å²) in [6.07, 6.45) is 1.64. The Kier molecular flexibility index (Phi) is 4.11. The van der Waals surface area contributed by atoms with Crippen LogP contribution in [-0.2, 0) is 6.42 Å². The Morgan fingerprint density at radius 3 is 2.56 bits per heavy atom. The van der Waals surface area contributed by atoms with Crippen LogP contribution in [0.15, 0.2) is 42.5 Å². The highest BCUT2D eigenvalue weighted by Gasteiger charge is 2.02. The first-order valence-electron chi connectivity index (χ1n) is 6.17. The van der Waals surface area contributed by atoms with Crippen molar-refractivity contribution < 1.29 is 9.50 Å². The molecule has 2 heteroatoms. The molecule has 0 bridgehead atoms. The molecule has 0 atom stereocenters. The van der Waals surface area contributed by atoms with Gasteiger partial charge in [-0.2, -0.15) is 0 Å². The molecule has 1 N–H and O–H groups in total. The molecule has 1 nitrogen and oxygen atoms in total. The van der Waals surface area contributed by atoms with E-state index in [4.69, 9.17) is 5.11 Å². The van der Waals surface area contributed by atoms with Crippen LogP contribution >= 0.6 is 0 Å². The topological polar surface area (TPSA) is 20.2 Å². The van der Waals surface area contributed by atoms with Crippen LogP contribution in [0.1, 0.15) is 17.5 Å². The molecule has 0 spiro atoms. The molecule has 94 valence electrons. The minimum Gasteiger partial charge on any atom is -0.396 e. The molecular formula is C16H17FO. The molecule has 0 aliphatic rings. The summed E-state index contributed by atoms with van der Waals surface area (Å²) in [5, 5.41) is 8.84. The van der Waals surface area contributed by atoms with Crippen LogP contribution in [0.2, 0.25) is 0 Å². The second kappa shape index (κ2) is 5.78. The Morgan fingerprint density at radius 2 is 1.83 bits per heavy atom. The zero-order valence-electron chi connectivity index (χ0n) is 10.5. The normalized spacial score (nSPS) is 10.6. The number of rotatable bonds is 4. The number of aryl methyl sites for hydroxylation is 2. The van der Waals surface area contributed by atoms with Gasteiger partial charge in [0.05, 0.1) is 0 Å². The number of aliphatic hydroxyl groups excluding tert-OH is 1. The summed E-state index contributed by atoms with van der Waals surface area (Å²) in [6.45, 7) is 1.98. The standard InChI is InChI=1S/C16H17FO/c1-12-10-15(7-8-16(12)17)14-6-2-4-13(11-14)5-3-9-18/h2,4,6-8,10-11,18H,3,5,9H2,1H3. The maximum Gasteiger partial charge on any atom is 0.126 e. The second-order valence-electron chi connectivity index (χ2n) is 4.49. The lowest BCUT2D eigenvalue weighted by Crippen LogP contribution is -1.90.